The molecule has 0 aromatic carbocycles. The summed E-state index contributed by atoms with van der Waals surface area (Å²) in [5.41, 5.74) is 0. The second-order valence-electron chi connectivity index (χ2n) is 13.8. The number of hydrogen-bond acceptors (Lipinski definition) is 3. The summed E-state index contributed by atoms with van der Waals surface area (Å²) in [7, 11) is -3.29. The van der Waals surface area contributed by atoms with Crippen molar-refractivity contribution in [1.82, 2.24) is 4.72 Å². The van der Waals surface area contributed by atoms with Gasteiger partial charge in [-0.3, -0.25) is 0 Å². The monoisotopic (exact) mass is 1070 g/mol. The van der Waals surface area contributed by atoms with Crippen LogP contribution in [-0.4, -0.2) is 158 Å². The van der Waals surface area contributed by atoms with Gasteiger partial charge in [0.25, 0.3) is 0 Å². The van der Waals surface area contributed by atoms with Gasteiger partial charge in [0, 0.05) is 19.4 Å². The summed E-state index contributed by atoms with van der Waals surface area (Å²) in [6, 6.07) is 0. The molecule has 40 heteroatoms. The van der Waals surface area contributed by atoms with Crippen molar-refractivity contribution in [3.8, 4) is 0 Å². The van der Waals surface area contributed by atoms with Gasteiger partial charge in [0.1, 0.15) is 0 Å². The predicted molar refractivity (Wildman–Crippen MR) is 141 cm³/mol. The number of sulfonamides is 1. The van der Waals surface area contributed by atoms with Gasteiger partial charge in [-0.1, -0.05) is 0 Å². The molecule has 0 radical (unpaired) electrons. The van der Waals surface area contributed by atoms with Crippen molar-refractivity contribution in [2.45, 2.75) is 108 Å². The van der Waals surface area contributed by atoms with Crippen LogP contribution in [0.4, 0.5) is 145 Å². The number of halogens is 33. The Bertz CT molecular complexity index is 1820. The SMILES string of the molecule is C[N+](C)(CCCNS(=O)(=O)CCC(F)(F)C(F)(F)C(F)(F)C(F)(F)C(F)(F)C(F)(F)C(F)(F)C(F)(F)C(F)(F)C(F)(F)C(F)(F)C(F)(F)C(F)(F)C(F)(F)C(F)(F)C(F)(F)F)CC(=O)O. The first-order valence-corrected chi connectivity index (χ1v) is 17.0. The molecule has 0 amide bonds. The minimum Gasteiger partial charge on any atom is -0.477 e. The van der Waals surface area contributed by atoms with Gasteiger partial charge >= 0.3 is 101 Å². The molecule has 0 aliphatic rings. The molecule has 0 unspecified atom stereocenters. The zero-order chi connectivity index (χ0) is 53.5. The number of nitrogens with one attached hydrogen (secondary N) is 1. The fraction of sp³-hybridized carbons (Fsp3) is 0.960. The van der Waals surface area contributed by atoms with Crippen molar-refractivity contribution in [1.29, 1.82) is 0 Å². The summed E-state index contributed by atoms with van der Waals surface area (Å²) in [4.78, 5) is 10.7. The lowest BCUT2D eigenvalue weighted by atomic mass is 9.82. The van der Waals surface area contributed by atoms with Crippen LogP contribution < -0.4 is 4.72 Å². The van der Waals surface area contributed by atoms with E-state index in [0.717, 1.165) is 0 Å². The van der Waals surface area contributed by atoms with Crippen molar-refractivity contribution >= 4 is 16.0 Å². The van der Waals surface area contributed by atoms with Crippen LogP contribution in [0.1, 0.15) is 12.8 Å². The summed E-state index contributed by atoms with van der Waals surface area (Å²) >= 11 is 0. The number of hydrogen-bond donors (Lipinski definition) is 2. The van der Waals surface area contributed by atoms with Crippen LogP contribution >= 0.6 is 0 Å². The fourth-order valence-corrected chi connectivity index (χ4v) is 5.57. The van der Waals surface area contributed by atoms with E-state index in [9.17, 15) is 158 Å². The Hall–Kier alpha value is -2.97. The van der Waals surface area contributed by atoms with E-state index in [1.807, 2.05) is 0 Å². The van der Waals surface area contributed by atoms with Crippen LogP contribution in [0.25, 0.3) is 0 Å². The van der Waals surface area contributed by atoms with E-state index >= 15 is 0 Å². The molecule has 0 atom stereocenters. The number of alkyl halides is 33. The Balaban J connectivity index is 7.24. The molecule has 0 aromatic rings. The maximum absolute atomic E-state index is 14.2. The second-order valence-corrected chi connectivity index (χ2v) is 15.7. The first-order chi connectivity index (χ1) is 27.6. The quantitative estimate of drug-likeness (QED) is 0.0574. The van der Waals surface area contributed by atoms with E-state index in [-0.39, 0.29) is 6.54 Å². The van der Waals surface area contributed by atoms with Crippen LogP contribution in [0.15, 0.2) is 0 Å². The largest absolute Gasteiger partial charge is 0.477 e. The normalized spacial score (nSPS) is 16.6. The van der Waals surface area contributed by atoms with Crippen molar-refractivity contribution in [3.63, 3.8) is 0 Å². The van der Waals surface area contributed by atoms with E-state index in [1.165, 1.54) is 18.8 Å². The van der Waals surface area contributed by atoms with Gasteiger partial charge in [0.15, 0.2) is 6.54 Å². The summed E-state index contributed by atoms with van der Waals surface area (Å²) in [5, 5.41) is 8.71. The molecule has 0 heterocycles. The highest BCUT2D eigenvalue weighted by Crippen LogP contribution is 2.70. The molecule has 0 spiro atoms. The van der Waals surface area contributed by atoms with E-state index in [4.69, 9.17) is 5.11 Å². The Morgan fingerprint density at radius 3 is 0.892 bits per heavy atom. The first-order valence-electron chi connectivity index (χ1n) is 15.3. The van der Waals surface area contributed by atoms with E-state index < -0.39 is 147 Å². The standard InChI is InChI=1S/C25H19F33N2O4S/c1-60(2,8-9(61)62)6-3-5-59-65(63,64)7-4-10(26,27)11(28,29)12(30,31)13(32,33)14(34,35)15(36,37)16(38,39)17(40,41)18(42,43)19(44,45)20(46,47)21(48,49)22(50,51)23(52,53)24(54,55)25(56,57)58/h59H,3-8H2,1-2H3/p+1. The average molecular weight is 1070 g/mol. The highest BCUT2D eigenvalue weighted by atomic mass is 32.2. The van der Waals surface area contributed by atoms with Crippen molar-refractivity contribution in [3.05, 3.63) is 0 Å². The maximum atomic E-state index is 14.2. The first kappa shape index (κ1) is 62.0. The third-order valence-corrected chi connectivity index (χ3v) is 9.84. The van der Waals surface area contributed by atoms with Gasteiger partial charge in [0.2, 0.25) is 10.0 Å². The average Bonchev–Trinajstić information content (AvgIpc) is 3.07. The fourth-order valence-electron chi connectivity index (χ4n) is 4.45. The van der Waals surface area contributed by atoms with Gasteiger partial charge in [-0.05, 0) is 0 Å². The van der Waals surface area contributed by atoms with Crippen molar-refractivity contribution in [2.75, 3.05) is 39.5 Å². The lowest BCUT2D eigenvalue weighted by molar-refractivity contribution is -0.883. The number of rotatable bonds is 24. The summed E-state index contributed by atoms with van der Waals surface area (Å²) < 4.78 is 478. The molecule has 0 saturated carbocycles. The maximum Gasteiger partial charge on any atom is 0.460 e. The number of carbonyl (C=O) groups is 1. The molecular weight excluding hydrogens is 1050 g/mol. The van der Waals surface area contributed by atoms with E-state index in [2.05, 4.69) is 0 Å². The Morgan fingerprint density at radius 1 is 0.431 bits per heavy atom. The van der Waals surface area contributed by atoms with Crippen LogP contribution in [0.3, 0.4) is 0 Å². The molecule has 0 aliphatic heterocycles. The Morgan fingerprint density at radius 2 is 0.662 bits per heavy atom. The molecule has 0 aromatic heterocycles. The van der Waals surface area contributed by atoms with Gasteiger partial charge in [-0.2, -0.15) is 145 Å². The third kappa shape index (κ3) is 9.08. The smallest absolute Gasteiger partial charge is 0.460 e. The zero-order valence-electron chi connectivity index (χ0n) is 30.2. The van der Waals surface area contributed by atoms with Crippen LogP contribution in [0.2, 0.25) is 0 Å². The van der Waals surface area contributed by atoms with Crippen molar-refractivity contribution < 1.29 is 168 Å². The number of carboxylic acids is 1. The van der Waals surface area contributed by atoms with Crippen molar-refractivity contribution in [2.24, 2.45) is 0 Å². The minimum atomic E-state index is -10.3. The number of likely N-dealkylation sites (N-methyl/N-ethyl adjacent to an activating group) is 1. The summed E-state index contributed by atoms with van der Waals surface area (Å²) in [6.07, 6.45) is -12.5. The number of quaternary nitrogens is 1. The third-order valence-electron chi connectivity index (χ3n) is 8.45. The lowest BCUT2D eigenvalue weighted by Crippen LogP contribution is -2.80. The second kappa shape index (κ2) is 16.6. The zero-order valence-corrected chi connectivity index (χ0v) is 31.1. The molecule has 0 rings (SSSR count). The summed E-state index contributed by atoms with van der Waals surface area (Å²) in [6.45, 7) is -2.06. The molecule has 0 aliphatic carbocycles. The molecule has 390 valence electrons. The van der Waals surface area contributed by atoms with Crippen LogP contribution in [-0.2, 0) is 14.8 Å². The van der Waals surface area contributed by atoms with Gasteiger partial charge in [0.05, 0.1) is 26.4 Å². The number of aliphatic carboxylic acids is 1. The lowest BCUT2D eigenvalue weighted by Gasteiger charge is -2.47. The van der Waals surface area contributed by atoms with E-state index in [0.29, 0.717) is 0 Å². The molecule has 0 saturated heterocycles. The molecule has 0 fully saturated rings. The van der Waals surface area contributed by atoms with Crippen LogP contribution in [0, 0.1) is 0 Å². The van der Waals surface area contributed by atoms with Gasteiger partial charge in [-0.25, -0.2) is 17.9 Å². The summed E-state index contributed by atoms with van der Waals surface area (Å²) in [5.74, 6) is -149. The Labute approximate surface area is 336 Å². The Kier molecular flexibility index (Phi) is 15.9. The molecule has 6 nitrogen and oxygen atoms in total. The topological polar surface area (TPSA) is 83.5 Å². The number of nitrogens with zero attached hydrogens (tertiary/aromatic N) is 1. The van der Waals surface area contributed by atoms with Gasteiger partial charge < -0.3 is 9.59 Å². The van der Waals surface area contributed by atoms with Gasteiger partial charge in [-0.15, -0.1) is 0 Å². The number of carboxylic acid groups (broad SMARTS) is 1. The highest BCUT2D eigenvalue weighted by molar-refractivity contribution is 7.89. The predicted octanol–water partition coefficient (Wildman–Crippen LogP) is 9.94. The van der Waals surface area contributed by atoms with E-state index in [1.54, 1.807) is 0 Å². The van der Waals surface area contributed by atoms with Crippen LogP contribution in [0.5, 0.6) is 0 Å². The molecular formula is C25H20F33N2O4S+. The molecule has 0 bridgehead atoms. The highest BCUT2D eigenvalue weighted by Gasteiger charge is 3.01. The minimum absolute atomic E-state index is 0.352. The molecule has 2 N–H and O–H groups in total. The molecule has 65 heavy (non-hydrogen) atoms.